The van der Waals surface area contributed by atoms with Crippen molar-refractivity contribution in [1.29, 1.82) is 0 Å². The van der Waals surface area contributed by atoms with E-state index in [4.69, 9.17) is 23.2 Å². The van der Waals surface area contributed by atoms with Crippen molar-refractivity contribution in [2.45, 2.75) is 16.3 Å². The van der Waals surface area contributed by atoms with Crippen molar-refractivity contribution in [3.63, 3.8) is 0 Å². The first-order chi connectivity index (χ1) is 8.69. The summed E-state index contributed by atoms with van der Waals surface area (Å²) >= 11 is 13.8. The molecule has 0 saturated heterocycles. The van der Waals surface area contributed by atoms with E-state index in [0.717, 1.165) is 31.9 Å². The van der Waals surface area contributed by atoms with Gasteiger partial charge >= 0.3 is 0 Å². The molecule has 0 spiro atoms. The maximum absolute atomic E-state index is 6.23. The summed E-state index contributed by atoms with van der Waals surface area (Å²) in [7, 11) is 1.91. The largest absolute Gasteiger partial charge is 0.316 e. The van der Waals surface area contributed by atoms with Crippen LogP contribution in [-0.2, 0) is 6.54 Å². The fourth-order valence-electron chi connectivity index (χ4n) is 1.59. The normalized spacial score (nSPS) is 10.6. The topological polar surface area (TPSA) is 12.0 Å². The number of rotatable bonds is 4. The summed E-state index contributed by atoms with van der Waals surface area (Å²) in [5.41, 5.74) is 1.11. The Bertz CT molecular complexity index is 543. The van der Waals surface area contributed by atoms with Gasteiger partial charge in [-0.1, -0.05) is 47.1 Å². The molecule has 2 rings (SSSR count). The minimum Gasteiger partial charge on any atom is -0.316 e. The van der Waals surface area contributed by atoms with Crippen molar-refractivity contribution < 1.29 is 0 Å². The lowest BCUT2D eigenvalue weighted by molar-refractivity contribution is 0.817. The molecule has 0 aliphatic carbocycles. The molecule has 94 valence electrons. The van der Waals surface area contributed by atoms with Crippen molar-refractivity contribution in [1.82, 2.24) is 5.32 Å². The Hall–Kier alpha value is -0.670. The van der Waals surface area contributed by atoms with E-state index in [-0.39, 0.29) is 0 Å². The van der Waals surface area contributed by atoms with Gasteiger partial charge in [-0.2, -0.15) is 0 Å². The zero-order chi connectivity index (χ0) is 13.0. The average Bonchev–Trinajstić information content (AvgIpc) is 2.33. The van der Waals surface area contributed by atoms with E-state index in [1.165, 1.54) is 0 Å². The van der Waals surface area contributed by atoms with E-state index < -0.39 is 0 Å². The highest BCUT2D eigenvalue weighted by Gasteiger charge is 2.03. The van der Waals surface area contributed by atoms with Gasteiger partial charge in [0.25, 0.3) is 0 Å². The summed E-state index contributed by atoms with van der Waals surface area (Å²) in [6, 6.07) is 13.9. The third-order valence-corrected chi connectivity index (χ3v) is 3.99. The molecule has 0 amide bonds. The van der Waals surface area contributed by atoms with Crippen molar-refractivity contribution in [2.24, 2.45) is 0 Å². The molecule has 0 heterocycles. The van der Waals surface area contributed by atoms with Gasteiger partial charge in [0, 0.05) is 26.4 Å². The van der Waals surface area contributed by atoms with Gasteiger partial charge in [-0.25, -0.2) is 0 Å². The smallest absolute Gasteiger partial charge is 0.0462 e. The summed E-state index contributed by atoms with van der Waals surface area (Å²) in [5, 5.41) is 4.63. The van der Waals surface area contributed by atoms with Crippen molar-refractivity contribution in [3.05, 3.63) is 58.1 Å². The predicted molar refractivity (Wildman–Crippen MR) is 79.8 cm³/mol. The SMILES string of the molecule is CNCc1ccc(Sc2cccc(Cl)c2)cc1Cl. The van der Waals surface area contributed by atoms with E-state index in [9.17, 15) is 0 Å². The standard InChI is InChI=1S/C14H13Cl2NS/c1-17-9-10-5-6-13(8-14(10)16)18-12-4-2-3-11(15)7-12/h2-8,17H,9H2,1H3. The molecule has 18 heavy (non-hydrogen) atoms. The summed E-state index contributed by atoms with van der Waals surface area (Å²) in [5.74, 6) is 0. The number of hydrogen-bond donors (Lipinski definition) is 1. The second-order valence-corrected chi connectivity index (χ2v) is 5.83. The Morgan fingerprint density at radius 2 is 1.83 bits per heavy atom. The Morgan fingerprint density at radius 1 is 1.06 bits per heavy atom. The summed E-state index contributed by atoms with van der Waals surface area (Å²) in [6.45, 7) is 0.779. The second-order valence-electron chi connectivity index (χ2n) is 3.84. The average molecular weight is 298 g/mol. The fourth-order valence-corrected chi connectivity index (χ4v) is 3.08. The highest BCUT2D eigenvalue weighted by atomic mass is 35.5. The molecule has 1 nitrogen and oxygen atoms in total. The maximum Gasteiger partial charge on any atom is 0.0462 e. The zero-order valence-corrected chi connectivity index (χ0v) is 12.2. The first kappa shape index (κ1) is 13.8. The van der Waals surface area contributed by atoms with E-state index in [1.807, 2.05) is 43.4 Å². The fraction of sp³-hybridized carbons (Fsp3) is 0.143. The molecule has 0 aliphatic heterocycles. The summed E-state index contributed by atoms with van der Waals surface area (Å²) in [6.07, 6.45) is 0. The number of benzene rings is 2. The first-order valence-electron chi connectivity index (χ1n) is 5.55. The Kier molecular flexibility index (Phi) is 4.95. The van der Waals surface area contributed by atoms with Gasteiger partial charge in [-0.15, -0.1) is 0 Å². The van der Waals surface area contributed by atoms with Crippen LogP contribution in [0.4, 0.5) is 0 Å². The van der Waals surface area contributed by atoms with Crippen LogP contribution in [-0.4, -0.2) is 7.05 Å². The lowest BCUT2D eigenvalue weighted by Crippen LogP contribution is -2.05. The molecular weight excluding hydrogens is 285 g/mol. The lowest BCUT2D eigenvalue weighted by atomic mass is 10.2. The third-order valence-electron chi connectivity index (χ3n) is 2.42. The molecule has 2 aromatic carbocycles. The van der Waals surface area contributed by atoms with Gasteiger partial charge < -0.3 is 5.32 Å². The molecule has 4 heteroatoms. The molecule has 0 unspecified atom stereocenters. The monoisotopic (exact) mass is 297 g/mol. The van der Waals surface area contributed by atoms with Gasteiger partial charge in [-0.05, 0) is 42.9 Å². The minimum atomic E-state index is 0.748. The van der Waals surface area contributed by atoms with E-state index in [0.29, 0.717) is 0 Å². The van der Waals surface area contributed by atoms with Crippen LogP contribution in [0.3, 0.4) is 0 Å². The number of halogens is 2. The molecule has 0 aromatic heterocycles. The van der Waals surface area contributed by atoms with Gasteiger partial charge in [-0.3, -0.25) is 0 Å². The van der Waals surface area contributed by atoms with Crippen molar-refractivity contribution >= 4 is 35.0 Å². The molecule has 0 bridgehead atoms. The summed E-state index contributed by atoms with van der Waals surface area (Å²) < 4.78 is 0. The van der Waals surface area contributed by atoms with Crippen LogP contribution in [0, 0.1) is 0 Å². The molecule has 2 aromatic rings. The predicted octanol–water partition coefficient (Wildman–Crippen LogP) is 4.86. The van der Waals surface area contributed by atoms with Gasteiger partial charge in [0.05, 0.1) is 0 Å². The minimum absolute atomic E-state index is 0.748. The lowest BCUT2D eigenvalue weighted by Gasteiger charge is -2.07. The van der Waals surface area contributed by atoms with E-state index in [1.54, 1.807) is 11.8 Å². The van der Waals surface area contributed by atoms with E-state index in [2.05, 4.69) is 11.4 Å². The first-order valence-corrected chi connectivity index (χ1v) is 7.13. The highest BCUT2D eigenvalue weighted by Crippen LogP contribution is 2.31. The Labute approximate surface area is 121 Å². The van der Waals surface area contributed by atoms with Crippen LogP contribution in [0.1, 0.15) is 5.56 Å². The van der Waals surface area contributed by atoms with Crippen LogP contribution in [0.5, 0.6) is 0 Å². The molecule has 0 atom stereocenters. The highest BCUT2D eigenvalue weighted by molar-refractivity contribution is 7.99. The maximum atomic E-state index is 6.23. The summed E-state index contributed by atoms with van der Waals surface area (Å²) in [4.78, 5) is 2.22. The van der Waals surface area contributed by atoms with Crippen LogP contribution in [0.2, 0.25) is 10.0 Å². The van der Waals surface area contributed by atoms with Crippen LogP contribution in [0.25, 0.3) is 0 Å². The van der Waals surface area contributed by atoms with Crippen molar-refractivity contribution in [2.75, 3.05) is 7.05 Å². The van der Waals surface area contributed by atoms with Gasteiger partial charge in [0.15, 0.2) is 0 Å². The third kappa shape index (κ3) is 3.66. The molecule has 0 radical (unpaired) electrons. The van der Waals surface area contributed by atoms with Gasteiger partial charge in [0.2, 0.25) is 0 Å². The van der Waals surface area contributed by atoms with Crippen LogP contribution in [0.15, 0.2) is 52.3 Å². The number of nitrogens with one attached hydrogen (secondary N) is 1. The van der Waals surface area contributed by atoms with Crippen LogP contribution < -0.4 is 5.32 Å². The quantitative estimate of drug-likeness (QED) is 0.864. The molecule has 1 N–H and O–H groups in total. The number of hydrogen-bond acceptors (Lipinski definition) is 2. The van der Waals surface area contributed by atoms with E-state index >= 15 is 0 Å². The molecular formula is C14H13Cl2NS. The Morgan fingerprint density at radius 3 is 2.50 bits per heavy atom. The van der Waals surface area contributed by atoms with Crippen molar-refractivity contribution in [3.8, 4) is 0 Å². The molecule has 0 saturated carbocycles. The molecule has 0 aliphatic rings. The van der Waals surface area contributed by atoms with Crippen LogP contribution >= 0.6 is 35.0 Å². The Balaban J connectivity index is 2.17. The zero-order valence-electron chi connectivity index (χ0n) is 9.91. The second kappa shape index (κ2) is 6.48. The van der Waals surface area contributed by atoms with Gasteiger partial charge in [0.1, 0.15) is 0 Å². The molecule has 0 fully saturated rings.